The molecule has 6 rings (SSSR count). The zero-order valence-electron chi connectivity index (χ0n) is 28.3. The predicted octanol–water partition coefficient (Wildman–Crippen LogP) is 6.55. The minimum absolute atomic E-state index is 0. The molecule has 3 aromatic carbocycles. The van der Waals surface area contributed by atoms with Crippen molar-refractivity contribution in [3.63, 3.8) is 0 Å². The third-order valence-electron chi connectivity index (χ3n) is 9.79. The molecule has 0 radical (unpaired) electrons. The normalized spacial score (nSPS) is 18.0. The second-order valence-corrected chi connectivity index (χ2v) is 13.2. The van der Waals surface area contributed by atoms with Crippen LogP contribution in [0.1, 0.15) is 35.1 Å². The van der Waals surface area contributed by atoms with Crippen molar-refractivity contribution in [1.82, 2.24) is 20.0 Å². The van der Waals surface area contributed by atoms with E-state index < -0.39 is 0 Å². The van der Waals surface area contributed by atoms with Crippen molar-refractivity contribution in [2.75, 3.05) is 71.0 Å². The first-order valence-corrected chi connectivity index (χ1v) is 17.1. The van der Waals surface area contributed by atoms with Gasteiger partial charge in [0.25, 0.3) is 0 Å². The van der Waals surface area contributed by atoms with Crippen LogP contribution in [-0.4, -0.2) is 98.8 Å². The molecule has 49 heavy (non-hydrogen) atoms. The Labute approximate surface area is 322 Å². The fourth-order valence-corrected chi connectivity index (χ4v) is 7.37. The summed E-state index contributed by atoms with van der Waals surface area (Å²) in [6.07, 6.45) is 4.19. The first kappa shape index (κ1) is 43.4. The molecule has 3 aliphatic heterocycles. The zero-order valence-corrected chi connectivity index (χ0v) is 32.3. The third kappa shape index (κ3) is 11.6. The summed E-state index contributed by atoms with van der Waals surface area (Å²) in [6.45, 7) is 9.43. The van der Waals surface area contributed by atoms with Crippen molar-refractivity contribution < 1.29 is 9.53 Å². The molecule has 1 amide bonds. The van der Waals surface area contributed by atoms with Crippen molar-refractivity contribution in [2.45, 2.75) is 50.9 Å². The van der Waals surface area contributed by atoms with E-state index in [9.17, 15) is 4.79 Å². The molecular weight excluding hydrogens is 724 g/mol. The highest BCUT2D eigenvalue weighted by Crippen LogP contribution is 2.26. The summed E-state index contributed by atoms with van der Waals surface area (Å²) >= 11 is 6.24. The third-order valence-corrected chi connectivity index (χ3v) is 10.0. The van der Waals surface area contributed by atoms with Crippen LogP contribution in [0.2, 0.25) is 5.02 Å². The minimum Gasteiger partial charge on any atom is -0.383 e. The average Bonchev–Trinajstić information content (AvgIpc) is 3.60. The van der Waals surface area contributed by atoms with Crippen molar-refractivity contribution in [2.24, 2.45) is 0 Å². The van der Waals surface area contributed by atoms with E-state index in [1.807, 2.05) is 12.1 Å². The van der Waals surface area contributed by atoms with Crippen LogP contribution in [0.4, 0.5) is 5.69 Å². The van der Waals surface area contributed by atoms with E-state index in [1.54, 1.807) is 7.11 Å². The highest BCUT2D eigenvalue weighted by Gasteiger charge is 2.34. The molecule has 2 atom stereocenters. The van der Waals surface area contributed by atoms with Crippen LogP contribution in [-0.2, 0) is 35.5 Å². The summed E-state index contributed by atoms with van der Waals surface area (Å²) in [4.78, 5) is 24.0. The van der Waals surface area contributed by atoms with Gasteiger partial charge in [-0.1, -0.05) is 66.2 Å². The predicted molar refractivity (Wildman–Crippen MR) is 212 cm³/mol. The van der Waals surface area contributed by atoms with Crippen LogP contribution in [0.25, 0.3) is 0 Å². The summed E-state index contributed by atoms with van der Waals surface area (Å²) in [5.74, 6) is 0.210. The zero-order chi connectivity index (χ0) is 31.0. The number of nitrogens with one attached hydrogen (secondary N) is 1. The molecule has 2 fully saturated rings. The lowest BCUT2D eigenvalue weighted by atomic mass is 9.94. The van der Waals surface area contributed by atoms with Gasteiger partial charge in [-0.25, -0.2) is 0 Å². The standard InChI is InChI=1S/C37H48ClN5O2.4ClH/c1-45-23-22-43(28-34-25-30-8-2-3-9-31(30)26-39-34)36(24-29-12-14-33(38)15-13-29)37(44)42-20-18-41(19-21-42)35-11-5-4-10-32(35)27-40-16-6-7-17-40;;;;/h2-5,8-15,34,36,39H,6-7,16-28H2,1H3;4*1H. The molecule has 7 nitrogen and oxygen atoms in total. The van der Waals surface area contributed by atoms with Crippen LogP contribution >= 0.6 is 61.2 Å². The number of halogens is 5. The second-order valence-electron chi connectivity index (χ2n) is 12.8. The highest BCUT2D eigenvalue weighted by molar-refractivity contribution is 6.30. The van der Waals surface area contributed by atoms with Gasteiger partial charge < -0.3 is 19.9 Å². The van der Waals surface area contributed by atoms with Crippen LogP contribution in [0.15, 0.2) is 72.8 Å². The Morgan fingerprint density at radius 2 is 1.53 bits per heavy atom. The molecule has 0 spiro atoms. The number of para-hydroxylation sites is 1. The van der Waals surface area contributed by atoms with Gasteiger partial charge in [0.05, 0.1) is 12.6 Å². The maximum atomic E-state index is 14.5. The number of nitrogens with zero attached hydrogens (tertiary/aromatic N) is 4. The van der Waals surface area contributed by atoms with E-state index in [0.717, 1.165) is 57.8 Å². The average molecular weight is 776 g/mol. The molecule has 2 unspecified atom stereocenters. The van der Waals surface area contributed by atoms with Gasteiger partial charge in [0.2, 0.25) is 5.91 Å². The van der Waals surface area contributed by atoms with Gasteiger partial charge in [0.1, 0.15) is 0 Å². The maximum absolute atomic E-state index is 14.5. The molecule has 272 valence electrons. The minimum atomic E-state index is -0.283. The SMILES string of the molecule is COCCN(CC1Cc2ccccc2CN1)C(Cc1ccc(Cl)cc1)C(=O)N1CCN(c2ccccc2CN2CCCC2)CC1.Cl.Cl.Cl.Cl. The van der Waals surface area contributed by atoms with E-state index in [2.05, 4.69) is 85.6 Å². The van der Waals surface area contributed by atoms with Gasteiger partial charge in [-0.15, -0.1) is 49.6 Å². The van der Waals surface area contributed by atoms with Crippen LogP contribution in [0, 0.1) is 0 Å². The molecule has 0 aromatic heterocycles. The fourth-order valence-electron chi connectivity index (χ4n) is 7.25. The van der Waals surface area contributed by atoms with Gasteiger partial charge in [0, 0.05) is 76.2 Å². The lowest BCUT2D eigenvalue weighted by molar-refractivity contribution is -0.137. The highest BCUT2D eigenvalue weighted by atomic mass is 35.5. The number of piperazine rings is 1. The van der Waals surface area contributed by atoms with Crippen LogP contribution in [0.5, 0.6) is 0 Å². The van der Waals surface area contributed by atoms with Crippen molar-refractivity contribution in [3.05, 3.63) is 100 Å². The van der Waals surface area contributed by atoms with Crippen molar-refractivity contribution in [1.29, 1.82) is 0 Å². The molecule has 0 aliphatic carbocycles. The molecule has 0 bridgehead atoms. The molecule has 0 saturated carbocycles. The number of likely N-dealkylation sites (tertiary alicyclic amines) is 1. The lowest BCUT2D eigenvalue weighted by Crippen LogP contribution is -2.58. The number of fused-ring (bicyclic) bond motifs is 1. The smallest absolute Gasteiger partial charge is 0.240 e. The summed E-state index contributed by atoms with van der Waals surface area (Å²) in [5, 5.41) is 4.46. The summed E-state index contributed by atoms with van der Waals surface area (Å²) in [6, 6.07) is 25.5. The van der Waals surface area contributed by atoms with Crippen molar-refractivity contribution >= 4 is 72.8 Å². The van der Waals surface area contributed by atoms with Gasteiger partial charge in [-0.3, -0.25) is 14.6 Å². The summed E-state index contributed by atoms with van der Waals surface area (Å²) in [5.41, 5.74) is 6.60. The number of carbonyl (C=O) groups is 1. The Morgan fingerprint density at radius 1 is 0.878 bits per heavy atom. The Bertz CT molecular complexity index is 1400. The van der Waals surface area contributed by atoms with Crippen molar-refractivity contribution in [3.8, 4) is 0 Å². The van der Waals surface area contributed by atoms with E-state index in [4.69, 9.17) is 16.3 Å². The van der Waals surface area contributed by atoms with Crippen LogP contribution in [0.3, 0.4) is 0 Å². The number of carbonyl (C=O) groups excluding carboxylic acids is 1. The topological polar surface area (TPSA) is 51.3 Å². The Hall–Kier alpha value is -1.78. The number of methoxy groups -OCH3 is 1. The monoisotopic (exact) mass is 773 g/mol. The Balaban J connectivity index is 0.00000208. The second kappa shape index (κ2) is 21.6. The number of benzene rings is 3. The number of ether oxygens (including phenoxy) is 1. The van der Waals surface area contributed by atoms with Gasteiger partial charge >= 0.3 is 0 Å². The molecule has 3 heterocycles. The molecule has 3 aliphatic rings. The largest absolute Gasteiger partial charge is 0.383 e. The lowest BCUT2D eigenvalue weighted by Gasteiger charge is -2.41. The maximum Gasteiger partial charge on any atom is 0.240 e. The fraction of sp³-hybridized carbons (Fsp3) is 0.486. The van der Waals surface area contributed by atoms with E-state index in [1.165, 1.54) is 48.3 Å². The first-order chi connectivity index (χ1) is 22.1. The van der Waals surface area contributed by atoms with E-state index >= 15 is 0 Å². The van der Waals surface area contributed by atoms with Gasteiger partial charge in [-0.2, -0.15) is 0 Å². The molecule has 1 N–H and O–H groups in total. The first-order valence-electron chi connectivity index (χ1n) is 16.7. The Morgan fingerprint density at radius 3 is 2.22 bits per heavy atom. The quantitative estimate of drug-likeness (QED) is 0.226. The van der Waals surface area contributed by atoms with E-state index in [-0.39, 0.29) is 67.6 Å². The number of hydrogen-bond donors (Lipinski definition) is 1. The molecule has 3 aromatic rings. The Kier molecular flexibility index (Phi) is 19.1. The van der Waals surface area contributed by atoms with Gasteiger partial charge in [-0.05, 0) is 79.2 Å². The number of amides is 1. The number of hydrogen-bond acceptors (Lipinski definition) is 6. The van der Waals surface area contributed by atoms with Gasteiger partial charge in [0.15, 0.2) is 0 Å². The molecule has 2 saturated heterocycles. The summed E-state index contributed by atoms with van der Waals surface area (Å²) < 4.78 is 5.57. The number of anilines is 1. The van der Waals surface area contributed by atoms with E-state index in [0.29, 0.717) is 24.6 Å². The van der Waals surface area contributed by atoms with Crippen LogP contribution < -0.4 is 10.2 Å². The molecule has 12 heteroatoms. The summed E-state index contributed by atoms with van der Waals surface area (Å²) in [7, 11) is 1.74. The number of rotatable bonds is 12. The molecular formula is C37H52Cl5N5O2.